The van der Waals surface area contributed by atoms with Gasteiger partial charge in [-0.1, -0.05) is 30.3 Å². The first-order valence-corrected chi connectivity index (χ1v) is 9.50. The monoisotopic (exact) mass is 396 g/mol. The summed E-state index contributed by atoms with van der Waals surface area (Å²) in [6.45, 7) is 0.431. The van der Waals surface area contributed by atoms with Crippen LogP contribution < -0.4 is 15.4 Å². The number of aromatic nitrogens is 2. The van der Waals surface area contributed by atoms with Gasteiger partial charge in [0.1, 0.15) is 11.6 Å². The Morgan fingerprint density at radius 2 is 1.63 bits per heavy atom. The first kappa shape index (κ1) is 19.1. The second-order valence-corrected chi connectivity index (χ2v) is 6.50. The number of nitrogens with one attached hydrogen (secondary N) is 2. The lowest BCUT2D eigenvalue weighted by Crippen LogP contribution is -2.22. The standard InChI is InChI=1S/C24H20N4O2/c29-24(27-17-18-10-13-25-14-11-18)19-12-15-26-23(16-19)28-21-8-4-5-9-22(21)30-20-6-2-1-3-7-20/h1-16H,17H2,(H,26,28)(H,27,29). The average Bonchev–Trinajstić information content (AvgIpc) is 2.80. The molecule has 2 N–H and O–H groups in total. The van der Waals surface area contributed by atoms with E-state index in [2.05, 4.69) is 20.6 Å². The first-order valence-electron chi connectivity index (χ1n) is 9.50. The number of carbonyl (C=O) groups is 1. The van der Waals surface area contributed by atoms with E-state index in [-0.39, 0.29) is 5.91 Å². The van der Waals surface area contributed by atoms with Gasteiger partial charge in [0.25, 0.3) is 5.91 Å². The number of para-hydroxylation sites is 3. The van der Waals surface area contributed by atoms with Gasteiger partial charge in [0, 0.05) is 30.7 Å². The molecule has 0 spiro atoms. The third kappa shape index (κ3) is 4.99. The van der Waals surface area contributed by atoms with Crippen molar-refractivity contribution in [1.29, 1.82) is 0 Å². The number of hydrogen-bond donors (Lipinski definition) is 2. The maximum absolute atomic E-state index is 12.5. The molecule has 2 heterocycles. The summed E-state index contributed by atoms with van der Waals surface area (Å²) in [5.41, 5.74) is 2.25. The minimum absolute atomic E-state index is 0.175. The molecule has 0 fully saturated rings. The molecular weight excluding hydrogens is 376 g/mol. The normalized spacial score (nSPS) is 10.3. The van der Waals surface area contributed by atoms with E-state index in [0.29, 0.717) is 23.7 Å². The average molecular weight is 396 g/mol. The maximum atomic E-state index is 12.5. The third-order valence-electron chi connectivity index (χ3n) is 4.35. The molecule has 6 heteroatoms. The van der Waals surface area contributed by atoms with Crippen LogP contribution in [0.15, 0.2) is 97.5 Å². The Hall–Kier alpha value is -4.19. The van der Waals surface area contributed by atoms with E-state index in [1.54, 1.807) is 30.7 Å². The lowest BCUT2D eigenvalue weighted by Gasteiger charge is -2.13. The van der Waals surface area contributed by atoms with Crippen LogP contribution in [0.5, 0.6) is 11.5 Å². The second kappa shape index (κ2) is 9.34. The molecule has 0 saturated carbocycles. The van der Waals surface area contributed by atoms with Crippen LogP contribution in [0, 0.1) is 0 Å². The quantitative estimate of drug-likeness (QED) is 0.463. The fraction of sp³-hybridized carbons (Fsp3) is 0.0417. The SMILES string of the molecule is O=C(NCc1ccncc1)c1ccnc(Nc2ccccc2Oc2ccccc2)c1. The summed E-state index contributed by atoms with van der Waals surface area (Å²) >= 11 is 0. The van der Waals surface area contributed by atoms with Crippen LogP contribution in [0.1, 0.15) is 15.9 Å². The molecule has 2 aromatic carbocycles. The Balaban J connectivity index is 1.46. The molecule has 2 aromatic heterocycles. The number of carbonyl (C=O) groups excluding carboxylic acids is 1. The van der Waals surface area contributed by atoms with Crippen molar-refractivity contribution in [3.05, 3.63) is 109 Å². The van der Waals surface area contributed by atoms with Crippen molar-refractivity contribution in [2.45, 2.75) is 6.54 Å². The highest BCUT2D eigenvalue weighted by Gasteiger charge is 2.09. The van der Waals surface area contributed by atoms with Crippen LogP contribution in [0.3, 0.4) is 0 Å². The van der Waals surface area contributed by atoms with Gasteiger partial charge in [0.15, 0.2) is 5.75 Å². The van der Waals surface area contributed by atoms with E-state index in [1.807, 2.05) is 66.7 Å². The zero-order valence-corrected chi connectivity index (χ0v) is 16.2. The lowest BCUT2D eigenvalue weighted by molar-refractivity contribution is 0.0951. The lowest BCUT2D eigenvalue weighted by atomic mass is 10.2. The molecular formula is C24H20N4O2. The molecule has 0 saturated heterocycles. The topological polar surface area (TPSA) is 76.1 Å². The Morgan fingerprint density at radius 1 is 0.867 bits per heavy atom. The number of nitrogens with zero attached hydrogens (tertiary/aromatic N) is 2. The van der Waals surface area contributed by atoms with E-state index >= 15 is 0 Å². The number of ether oxygens (including phenoxy) is 1. The van der Waals surface area contributed by atoms with Crippen molar-refractivity contribution in [1.82, 2.24) is 15.3 Å². The molecule has 0 atom stereocenters. The number of hydrogen-bond acceptors (Lipinski definition) is 5. The van der Waals surface area contributed by atoms with Crippen molar-refractivity contribution < 1.29 is 9.53 Å². The fourth-order valence-electron chi connectivity index (χ4n) is 2.84. The summed E-state index contributed by atoms with van der Waals surface area (Å²) < 4.78 is 5.97. The van der Waals surface area contributed by atoms with Crippen molar-refractivity contribution in [2.75, 3.05) is 5.32 Å². The van der Waals surface area contributed by atoms with Crippen molar-refractivity contribution in [3.63, 3.8) is 0 Å². The smallest absolute Gasteiger partial charge is 0.251 e. The van der Waals surface area contributed by atoms with Gasteiger partial charge in [0.05, 0.1) is 5.69 Å². The van der Waals surface area contributed by atoms with Crippen LogP contribution in [0.2, 0.25) is 0 Å². The van der Waals surface area contributed by atoms with Crippen molar-refractivity contribution in [2.24, 2.45) is 0 Å². The van der Waals surface area contributed by atoms with Crippen molar-refractivity contribution >= 4 is 17.4 Å². The van der Waals surface area contributed by atoms with Gasteiger partial charge in [-0.3, -0.25) is 9.78 Å². The van der Waals surface area contributed by atoms with Crippen LogP contribution in [-0.4, -0.2) is 15.9 Å². The van der Waals surface area contributed by atoms with Crippen LogP contribution in [0.25, 0.3) is 0 Å². The predicted molar refractivity (Wildman–Crippen MR) is 116 cm³/mol. The molecule has 30 heavy (non-hydrogen) atoms. The summed E-state index contributed by atoms with van der Waals surface area (Å²) in [5.74, 6) is 1.78. The fourth-order valence-corrected chi connectivity index (χ4v) is 2.84. The summed E-state index contributed by atoms with van der Waals surface area (Å²) in [6, 6.07) is 24.3. The van der Waals surface area contributed by atoms with E-state index in [1.165, 1.54) is 0 Å². The predicted octanol–water partition coefficient (Wildman–Crippen LogP) is 4.94. The highest BCUT2D eigenvalue weighted by atomic mass is 16.5. The second-order valence-electron chi connectivity index (χ2n) is 6.50. The number of pyridine rings is 2. The molecule has 148 valence electrons. The number of benzene rings is 2. The minimum Gasteiger partial charge on any atom is -0.455 e. The van der Waals surface area contributed by atoms with Crippen LogP contribution in [-0.2, 0) is 6.54 Å². The number of rotatable bonds is 7. The van der Waals surface area contributed by atoms with Crippen LogP contribution >= 0.6 is 0 Å². The van der Waals surface area contributed by atoms with E-state index < -0.39 is 0 Å². The molecule has 1 amide bonds. The Kier molecular flexibility index (Phi) is 5.96. The van der Waals surface area contributed by atoms with Gasteiger partial charge < -0.3 is 15.4 Å². The maximum Gasteiger partial charge on any atom is 0.251 e. The highest BCUT2D eigenvalue weighted by molar-refractivity contribution is 5.94. The van der Waals surface area contributed by atoms with Gasteiger partial charge in [-0.25, -0.2) is 4.98 Å². The molecule has 6 nitrogen and oxygen atoms in total. The third-order valence-corrected chi connectivity index (χ3v) is 4.35. The molecule has 0 bridgehead atoms. The summed E-state index contributed by atoms with van der Waals surface area (Å²) in [7, 11) is 0. The van der Waals surface area contributed by atoms with Gasteiger partial charge in [0.2, 0.25) is 0 Å². The minimum atomic E-state index is -0.175. The molecule has 4 rings (SSSR count). The first-order chi connectivity index (χ1) is 14.8. The zero-order chi connectivity index (χ0) is 20.6. The van der Waals surface area contributed by atoms with Gasteiger partial charge in [-0.2, -0.15) is 0 Å². The molecule has 0 unspecified atom stereocenters. The van der Waals surface area contributed by atoms with E-state index in [9.17, 15) is 4.79 Å². The molecule has 0 aliphatic rings. The summed E-state index contributed by atoms with van der Waals surface area (Å²) in [6.07, 6.45) is 5.00. The van der Waals surface area contributed by atoms with E-state index in [4.69, 9.17) is 4.74 Å². The van der Waals surface area contributed by atoms with Crippen molar-refractivity contribution in [3.8, 4) is 11.5 Å². The van der Waals surface area contributed by atoms with E-state index in [0.717, 1.165) is 17.0 Å². The Labute approximate surface area is 174 Å². The highest BCUT2D eigenvalue weighted by Crippen LogP contribution is 2.31. The van der Waals surface area contributed by atoms with Crippen LogP contribution in [0.4, 0.5) is 11.5 Å². The van der Waals surface area contributed by atoms with Gasteiger partial charge in [-0.15, -0.1) is 0 Å². The largest absolute Gasteiger partial charge is 0.455 e. The zero-order valence-electron chi connectivity index (χ0n) is 16.2. The summed E-state index contributed by atoms with van der Waals surface area (Å²) in [5, 5.41) is 6.14. The molecule has 0 aliphatic carbocycles. The van der Waals surface area contributed by atoms with Gasteiger partial charge >= 0.3 is 0 Å². The number of amides is 1. The van der Waals surface area contributed by atoms with Gasteiger partial charge in [-0.05, 0) is 54.1 Å². The molecule has 0 aliphatic heterocycles. The molecule has 4 aromatic rings. The number of anilines is 2. The Bertz CT molecular complexity index is 1120. The molecule has 0 radical (unpaired) electrons. The summed E-state index contributed by atoms with van der Waals surface area (Å²) in [4.78, 5) is 20.8. The Morgan fingerprint density at radius 3 is 2.47 bits per heavy atom.